The van der Waals surface area contributed by atoms with Gasteiger partial charge in [0.05, 0.1) is 4.83 Å². The number of halogens is 3. The van der Waals surface area contributed by atoms with Gasteiger partial charge in [-0.2, -0.15) is 0 Å². The zero-order valence-electron chi connectivity index (χ0n) is 9.43. The molecule has 0 aliphatic rings. The number of hydrogen-bond acceptors (Lipinski definition) is 1. The van der Waals surface area contributed by atoms with E-state index in [-0.39, 0.29) is 4.83 Å². The fraction of sp³-hybridized carbons (Fsp3) is 0.231. The van der Waals surface area contributed by atoms with Gasteiger partial charge in [0, 0.05) is 5.02 Å². The number of alkyl halides is 1. The third-order valence-corrected chi connectivity index (χ3v) is 4.44. The topological polar surface area (TPSA) is 13.1 Å². The van der Waals surface area contributed by atoms with Crippen molar-refractivity contribution in [2.75, 3.05) is 0 Å². The average Bonchev–Trinajstić information content (AvgIpc) is 2.69. The third kappa shape index (κ3) is 2.78. The molecular formula is C13H11Br2ClO. The SMILES string of the molecule is Cc1cc(C(Br)c2ccc(Br)o2)c(C)cc1Cl. The van der Waals surface area contributed by atoms with Crippen molar-refractivity contribution in [3.8, 4) is 0 Å². The van der Waals surface area contributed by atoms with E-state index in [1.807, 2.05) is 32.0 Å². The molecule has 4 heteroatoms. The lowest BCUT2D eigenvalue weighted by Gasteiger charge is -2.13. The third-order valence-electron chi connectivity index (χ3n) is 2.66. The Morgan fingerprint density at radius 3 is 2.47 bits per heavy atom. The molecule has 0 aliphatic heterocycles. The van der Waals surface area contributed by atoms with Crippen LogP contribution in [0.3, 0.4) is 0 Å². The van der Waals surface area contributed by atoms with Crippen LogP contribution < -0.4 is 0 Å². The molecule has 1 atom stereocenters. The summed E-state index contributed by atoms with van der Waals surface area (Å²) >= 11 is 13.1. The Morgan fingerprint density at radius 1 is 1.18 bits per heavy atom. The highest BCUT2D eigenvalue weighted by atomic mass is 79.9. The molecule has 0 amide bonds. The van der Waals surface area contributed by atoms with Crippen LogP contribution in [0.15, 0.2) is 33.4 Å². The molecule has 0 bridgehead atoms. The summed E-state index contributed by atoms with van der Waals surface area (Å²) in [6, 6.07) is 7.92. The largest absolute Gasteiger partial charge is 0.453 e. The molecule has 0 radical (unpaired) electrons. The highest BCUT2D eigenvalue weighted by Crippen LogP contribution is 2.36. The van der Waals surface area contributed by atoms with Gasteiger partial charge in [0.15, 0.2) is 4.67 Å². The van der Waals surface area contributed by atoms with Gasteiger partial charge in [-0.25, -0.2) is 0 Å². The van der Waals surface area contributed by atoms with Crippen LogP contribution in [-0.4, -0.2) is 0 Å². The van der Waals surface area contributed by atoms with Crippen LogP contribution in [0.1, 0.15) is 27.3 Å². The van der Waals surface area contributed by atoms with Crippen molar-refractivity contribution in [3.05, 3.63) is 56.4 Å². The Hall–Kier alpha value is -0.250. The summed E-state index contributed by atoms with van der Waals surface area (Å²) in [6.45, 7) is 4.05. The van der Waals surface area contributed by atoms with Crippen LogP contribution >= 0.6 is 43.5 Å². The quantitative estimate of drug-likeness (QED) is 0.602. The van der Waals surface area contributed by atoms with E-state index in [0.29, 0.717) is 0 Å². The lowest BCUT2D eigenvalue weighted by atomic mass is 10.0. The zero-order valence-corrected chi connectivity index (χ0v) is 13.4. The summed E-state index contributed by atoms with van der Waals surface area (Å²) < 4.78 is 6.30. The molecule has 0 aliphatic carbocycles. The van der Waals surface area contributed by atoms with Gasteiger partial charge in [-0.15, -0.1) is 0 Å². The van der Waals surface area contributed by atoms with Gasteiger partial charge in [0.1, 0.15) is 5.76 Å². The highest BCUT2D eigenvalue weighted by Gasteiger charge is 2.17. The molecule has 0 fully saturated rings. The van der Waals surface area contributed by atoms with E-state index in [0.717, 1.165) is 26.6 Å². The number of rotatable bonds is 2. The Morgan fingerprint density at radius 2 is 1.88 bits per heavy atom. The monoisotopic (exact) mass is 376 g/mol. The van der Waals surface area contributed by atoms with Gasteiger partial charge in [-0.05, 0) is 64.7 Å². The maximum Gasteiger partial charge on any atom is 0.169 e. The van der Waals surface area contributed by atoms with Crippen LogP contribution in [-0.2, 0) is 0 Å². The fourth-order valence-electron chi connectivity index (χ4n) is 1.69. The maximum absolute atomic E-state index is 6.09. The van der Waals surface area contributed by atoms with E-state index in [1.165, 1.54) is 5.56 Å². The second kappa shape index (κ2) is 5.17. The Bertz CT molecular complexity index is 548. The Balaban J connectivity index is 2.43. The second-order valence-corrected chi connectivity index (χ2v) is 6.07. The zero-order chi connectivity index (χ0) is 12.6. The van der Waals surface area contributed by atoms with Crippen molar-refractivity contribution in [1.82, 2.24) is 0 Å². The molecule has 1 heterocycles. The van der Waals surface area contributed by atoms with Crippen LogP contribution in [0.5, 0.6) is 0 Å². The molecular weight excluding hydrogens is 367 g/mol. The minimum Gasteiger partial charge on any atom is -0.453 e. The lowest BCUT2D eigenvalue weighted by molar-refractivity contribution is 0.497. The highest BCUT2D eigenvalue weighted by molar-refractivity contribution is 9.10. The van der Waals surface area contributed by atoms with Gasteiger partial charge in [-0.1, -0.05) is 33.6 Å². The van der Waals surface area contributed by atoms with E-state index in [2.05, 4.69) is 37.9 Å². The first-order valence-corrected chi connectivity index (χ1v) is 7.23. The van der Waals surface area contributed by atoms with Crippen LogP contribution in [0.25, 0.3) is 0 Å². The van der Waals surface area contributed by atoms with Crippen molar-refractivity contribution >= 4 is 43.5 Å². The molecule has 2 rings (SSSR count). The Kier molecular flexibility index (Phi) is 4.01. The first-order valence-electron chi connectivity index (χ1n) is 5.15. The number of aryl methyl sites for hydroxylation is 2. The second-order valence-electron chi connectivity index (χ2n) is 3.96. The first kappa shape index (κ1) is 13.2. The molecule has 0 spiro atoms. The van der Waals surface area contributed by atoms with Crippen molar-refractivity contribution in [2.24, 2.45) is 0 Å². The normalized spacial score (nSPS) is 12.8. The smallest absolute Gasteiger partial charge is 0.169 e. The van der Waals surface area contributed by atoms with Crippen molar-refractivity contribution in [3.63, 3.8) is 0 Å². The van der Waals surface area contributed by atoms with Gasteiger partial charge < -0.3 is 4.42 Å². The Labute approximate surface area is 122 Å². The van der Waals surface area contributed by atoms with Gasteiger partial charge in [-0.3, -0.25) is 0 Å². The summed E-state index contributed by atoms with van der Waals surface area (Å²) in [5, 5.41) is 0.798. The van der Waals surface area contributed by atoms with E-state index in [4.69, 9.17) is 16.0 Å². The fourth-order valence-corrected chi connectivity index (χ4v) is 2.97. The van der Waals surface area contributed by atoms with E-state index in [1.54, 1.807) is 0 Å². The van der Waals surface area contributed by atoms with E-state index >= 15 is 0 Å². The molecule has 17 heavy (non-hydrogen) atoms. The summed E-state index contributed by atoms with van der Waals surface area (Å²) in [7, 11) is 0. The minimum absolute atomic E-state index is 0.0461. The average molecular weight is 378 g/mol. The molecule has 0 saturated heterocycles. The molecule has 2 aromatic rings. The van der Waals surface area contributed by atoms with Crippen LogP contribution in [0, 0.1) is 13.8 Å². The van der Waals surface area contributed by atoms with Crippen molar-refractivity contribution in [1.29, 1.82) is 0 Å². The summed E-state index contributed by atoms with van der Waals surface area (Å²) in [4.78, 5) is 0.0461. The minimum atomic E-state index is 0.0461. The predicted molar refractivity (Wildman–Crippen MR) is 78.1 cm³/mol. The predicted octanol–water partition coefficient (Wildman–Crippen LogP) is 5.80. The number of furan rings is 1. The number of benzene rings is 1. The lowest BCUT2D eigenvalue weighted by Crippen LogP contribution is -1.95. The van der Waals surface area contributed by atoms with Crippen LogP contribution in [0.2, 0.25) is 5.02 Å². The summed E-state index contributed by atoms with van der Waals surface area (Å²) in [5.74, 6) is 0.877. The first-order chi connectivity index (χ1) is 7.99. The van der Waals surface area contributed by atoms with Gasteiger partial charge in [0.2, 0.25) is 0 Å². The van der Waals surface area contributed by atoms with Crippen LogP contribution in [0.4, 0.5) is 0 Å². The molecule has 1 aromatic heterocycles. The standard InChI is InChI=1S/C13H11Br2ClO/c1-7-6-10(16)8(2)5-9(7)13(15)11-3-4-12(14)17-11/h3-6,13H,1-2H3. The van der Waals surface area contributed by atoms with Crippen molar-refractivity contribution in [2.45, 2.75) is 18.7 Å². The number of hydrogen-bond donors (Lipinski definition) is 0. The van der Waals surface area contributed by atoms with Gasteiger partial charge in [0.25, 0.3) is 0 Å². The molecule has 1 unspecified atom stereocenters. The molecule has 1 nitrogen and oxygen atoms in total. The molecule has 1 aromatic carbocycles. The van der Waals surface area contributed by atoms with E-state index < -0.39 is 0 Å². The van der Waals surface area contributed by atoms with E-state index in [9.17, 15) is 0 Å². The summed E-state index contributed by atoms with van der Waals surface area (Å²) in [5.41, 5.74) is 3.39. The maximum atomic E-state index is 6.09. The van der Waals surface area contributed by atoms with Gasteiger partial charge >= 0.3 is 0 Å². The molecule has 0 N–H and O–H groups in total. The molecule has 0 saturated carbocycles. The summed E-state index contributed by atoms with van der Waals surface area (Å²) in [6.07, 6.45) is 0. The molecule has 90 valence electrons. The van der Waals surface area contributed by atoms with Crippen molar-refractivity contribution < 1.29 is 4.42 Å².